The van der Waals surface area contributed by atoms with Crippen LogP contribution in [0.4, 0.5) is 10.3 Å². The summed E-state index contributed by atoms with van der Waals surface area (Å²) in [5.41, 5.74) is 1.55. The highest BCUT2D eigenvalue weighted by Gasteiger charge is 2.34. The van der Waals surface area contributed by atoms with Crippen LogP contribution in [0.1, 0.15) is 5.69 Å². The Bertz CT molecular complexity index is 1030. The van der Waals surface area contributed by atoms with E-state index in [1.54, 1.807) is 30.9 Å². The van der Waals surface area contributed by atoms with Crippen LogP contribution in [0.5, 0.6) is 5.75 Å². The van der Waals surface area contributed by atoms with Crippen molar-refractivity contribution in [3.63, 3.8) is 0 Å². The minimum atomic E-state index is -0.105. The number of hydrogen-bond acceptors (Lipinski definition) is 8. The van der Waals surface area contributed by atoms with Gasteiger partial charge in [-0.2, -0.15) is 0 Å². The molecule has 3 aromatic rings. The van der Waals surface area contributed by atoms with Gasteiger partial charge in [0.25, 0.3) is 0 Å². The first-order valence-electron chi connectivity index (χ1n) is 8.71. The minimum Gasteiger partial charge on any atom is -0.497 e. The maximum atomic E-state index is 12.4. The van der Waals surface area contributed by atoms with Crippen molar-refractivity contribution in [3.05, 3.63) is 29.3 Å². The summed E-state index contributed by atoms with van der Waals surface area (Å²) < 4.78 is 6.33. The molecule has 2 aromatic heterocycles. The molecule has 3 heterocycles. The summed E-state index contributed by atoms with van der Waals surface area (Å²) in [5, 5.41) is 8.62. The number of nitrogens with one attached hydrogen (secondary N) is 2. The lowest BCUT2D eigenvalue weighted by molar-refractivity contribution is -0.121. The van der Waals surface area contributed by atoms with Gasteiger partial charge < -0.3 is 20.3 Å². The zero-order valence-corrected chi connectivity index (χ0v) is 17.0. The van der Waals surface area contributed by atoms with Crippen molar-refractivity contribution >= 4 is 55.0 Å². The fraction of sp³-hybridized carbons (Fsp3) is 0.333. The second-order valence-corrected chi connectivity index (χ2v) is 8.28. The summed E-state index contributed by atoms with van der Waals surface area (Å²) in [7, 11) is 3.22. The number of likely N-dealkylation sites (N-methyl/N-ethyl adjacent to an activating group) is 1. The maximum Gasteiger partial charge on any atom is 0.232 e. The second kappa shape index (κ2) is 7.72. The molecule has 0 unspecified atom stereocenters. The van der Waals surface area contributed by atoms with Crippen LogP contribution >= 0.6 is 22.7 Å². The number of nitrogens with zero attached hydrogens (tertiary/aromatic N) is 3. The molecule has 1 saturated heterocycles. The van der Waals surface area contributed by atoms with E-state index in [2.05, 4.69) is 25.5 Å². The maximum absolute atomic E-state index is 12.4. The Morgan fingerprint density at radius 1 is 1.32 bits per heavy atom. The molecular formula is C18H19N5O3S2. The number of aromatic nitrogens is 2. The number of benzene rings is 1. The first kappa shape index (κ1) is 18.6. The minimum absolute atomic E-state index is 0.0557. The van der Waals surface area contributed by atoms with Gasteiger partial charge in [0.1, 0.15) is 5.75 Å². The Morgan fingerprint density at radius 3 is 2.89 bits per heavy atom. The predicted molar refractivity (Wildman–Crippen MR) is 110 cm³/mol. The van der Waals surface area contributed by atoms with E-state index in [9.17, 15) is 9.59 Å². The molecule has 0 aliphatic carbocycles. The highest BCUT2D eigenvalue weighted by atomic mass is 32.1. The molecular weight excluding hydrogens is 398 g/mol. The Labute approximate surface area is 169 Å². The lowest BCUT2D eigenvalue weighted by Crippen LogP contribution is -2.52. The number of hydrogen-bond donors (Lipinski definition) is 2. The van der Waals surface area contributed by atoms with Crippen molar-refractivity contribution < 1.29 is 14.3 Å². The molecule has 28 heavy (non-hydrogen) atoms. The number of amides is 2. The lowest BCUT2D eigenvalue weighted by Gasteiger charge is -2.37. The SMILES string of the molecule is CNC(=O)Cc1csc(NC(=O)C2CN(c3nc4cc(OC)ccc4s3)C2)n1. The van der Waals surface area contributed by atoms with Crippen LogP contribution in [-0.2, 0) is 16.0 Å². The van der Waals surface area contributed by atoms with Gasteiger partial charge in [-0.05, 0) is 12.1 Å². The van der Waals surface area contributed by atoms with Crippen molar-refractivity contribution in [2.24, 2.45) is 5.92 Å². The average Bonchev–Trinajstić information content (AvgIpc) is 3.26. The van der Waals surface area contributed by atoms with Gasteiger partial charge in [0.2, 0.25) is 11.8 Å². The molecule has 0 spiro atoms. The normalized spacial score (nSPS) is 14.0. The molecule has 146 valence electrons. The van der Waals surface area contributed by atoms with Crippen LogP contribution in [0.25, 0.3) is 10.2 Å². The first-order chi connectivity index (χ1) is 13.6. The van der Waals surface area contributed by atoms with Gasteiger partial charge in [-0.15, -0.1) is 11.3 Å². The largest absolute Gasteiger partial charge is 0.497 e. The van der Waals surface area contributed by atoms with Crippen LogP contribution in [0.15, 0.2) is 23.6 Å². The Kier molecular flexibility index (Phi) is 5.14. The van der Waals surface area contributed by atoms with Crippen LogP contribution < -0.4 is 20.3 Å². The standard InChI is InChI=1S/C18H19N5O3S2/c1-19-15(24)5-11-9-27-17(20-11)22-16(25)10-7-23(8-10)18-21-13-6-12(26-2)3-4-14(13)28-18/h3-4,6,9-10H,5,7-8H2,1-2H3,(H,19,24)(H,20,22,25). The number of methoxy groups -OCH3 is 1. The summed E-state index contributed by atoms with van der Waals surface area (Å²) >= 11 is 2.94. The van der Waals surface area contributed by atoms with Gasteiger partial charge in [0.05, 0.1) is 35.4 Å². The van der Waals surface area contributed by atoms with Gasteiger partial charge >= 0.3 is 0 Å². The van der Waals surface area contributed by atoms with E-state index in [-0.39, 0.29) is 24.2 Å². The lowest BCUT2D eigenvalue weighted by atomic mass is 10.0. The zero-order chi connectivity index (χ0) is 19.7. The molecule has 0 saturated carbocycles. The molecule has 4 rings (SSSR count). The topological polar surface area (TPSA) is 96.5 Å². The Hall–Kier alpha value is -2.72. The molecule has 1 aliphatic rings. The van der Waals surface area contributed by atoms with E-state index in [4.69, 9.17) is 4.74 Å². The average molecular weight is 418 g/mol. The molecule has 2 amide bonds. The quantitative estimate of drug-likeness (QED) is 0.638. The van der Waals surface area contributed by atoms with E-state index in [1.165, 1.54) is 11.3 Å². The number of rotatable bonds is 6. The molecule has 1 fully saturated rings. The summed E-state index contributed by atoms with van der Waals surface area (Å²) in [6.07, 6.45) is 0.211. The molecule has 8 nitrogen and oxygen atoms in total. The monoisotopic (exact) mass is 417 g/mol. The van der Waals surface area contributed by atoms with Crippen molar-refractivity contribution in [1.82, 2.24) is 15.3 Å². The van der Waals surface area contributed by atoms with Crippen molar-refractivity contribution in [1.29, 1.82) is 0 Å². The molecule has 0 bridgehead atoms. The van der Waals surface area contributed by atoms with Crippen molar-refractivity contribution in [3.8, 4) is 5.75 Å². The van der Waals surface area contributed by atoms with Gasteiger partial charge in [-0.25, -0.2) is 9.97 Å². The van der Waals surface area contributed by atoms with Crippen molar-refractivity contribution in [2.75, 3.05) is 37.5 Å². The number of thiazole rings is 2. The van der Waals surface area contributed by atoms with Gasteiger partial charge in [0, 0.05) is 31.6 Å². The second-order valence-electron chi connectivity index (χ2n) is 6.42. The molecule has 2 N–H and O–H groups in total. The third kappa shape index (κ3) is 3.78. The summed E-state index contributed by atoms with van der Waals surface area (Å²) in [4.78, 5) is 34.9. The number of ether oxygens (including phenoxy) is 1. The first-order valence-corrected chi connectivity index (χ1v) is 10.4. The smallest absolute Gasteiger partial charge is 0.232 e. The van der Waals surface area contributed by atoms with Crippen LogP contribution in [0.3, 0.4) is 0 Å². The van der Waals surface area contributed by atoms with Crippen molar-refractivity contribution in [2.45, 2.75) is 6.42 Å². The van der Waals surface area contributed by atoms with Crippen LogP contribution in [0, 0.1) is 5.92 Å². The van der Waals surface area contributed by atoms with Gasteiger partial charge in [0.15, 0.2) is 10.3 Å². The van der Waals surface area contributed by atoms with Gasteiger partial charge in [-0.1, -0.05) is 11.3 Å². The van der Waals surface area contributed by atoms with E-state index in [0.717, 1.165) is 21.1 Å². The van der Waals surface area contributed by atoms with E-state index < -0.39 is 0 Å². The van der Waals surface area contributed by atoms with E-state index in [1.807, 2.05) is 18.2 Å². The molecule has 1 aromatic carbocycles. The number of anilines is 2. The van der Waals surface area contributed by atoms with E-state index >= 15 is 0 Å². The fourth-order valence-electron chi connectivity index (χ4n) is 2.86. The molecule has 10 heteroatoms. The third-order valence-electron chi connectivity index (χ3n) is 4.51. The molecule has 0 atom stereocenters. The highest BCUT2D eigenvalue weighted by Crippen LogP contribution is 2.34. The van der Waals surface area contributed by atoms with Crippen LogP contribution in [0.2, 0.25) is 0 Å². The fourth-order valence-corrected chi connectivity index (χ4v) is 4.54. The van der Waals surface area contributed by atoms with Gasteiger partial charge in [-0.3, -0.25) is 9.59 Å². The van der Waals surface area contributed by atoms with E-state index in [0.29, 0.717) is 23.9 Å². The number of carbonyl (C=O) groups is 2. The molecule has 0 radical (unpaired) electrons. The highest BCUT2D eigenvalue weighted by molar-refractivity contribution is 7.22. The van der Waals surface area contributed by atoms with Crippen LogP contribution in [-0.4, -0.2) is 49.0 Å². The summed E-state index contributed by atoms with van der Waals surface area (Å²) in [5.74, 6) is 0.517. The Balaban J connectivity index is 1.33. The molecule has 1 aliphatic heterocycles. The number of carbonyl (C=O) groups excluding carboxylic acids is 2. The summed E-state index contributed by atoms with van der Waals surface area (Å²) in [6, 6.07) is 5.83. The third-order valence-corrected chi connectivity index (χ3v) is 6.41. The Morgan fingerprint density at radius 2 is 2.14 bits per heavy atom. The zero-order valence-electron chi connectivity index (χ0n) is 15.4. The number of fused-ring (bicyclic) bond motifs is 1. The summed E-state index contributed by atoms with van der Waals surface area (Å²) in [6.45, 7) is 1.25. The predicted octanol–water partition coefficient (Wildman–Crippen LogP) is 2.12.